The number of likely N-dealkylation sites (tertiary alicyclic amines) is 1. The summed E-state index contributed by atoms with van der Waals surface area (Å²) >= 11 is 0. The van der Waals surface area contributed by atoms with Crippen molar-refractivity contribution in [2.45, 2.75) is 38.8 Å². The highest BCUT2D eigenvalue weighted by molar-refractivity contribution is 5.73. The monoisotopic (exact) mass is 214 g/mol. The number of nitrogens with one attached hydrogen (secondary N) is 1. The second-order valence-electron chi connectivity index (χ2n) is 4.01. The predicted molar refractivity (Wildman–Crippen MR) is 55.5 cm³/mol. The average molecular weight is 214 g/mol. The third-order valence-electron chi connectivity index (χ3n) is 2.80. The van der Waals surface area contributed by atoms with Crippen LogP contribution in [-0.4, -0.2) is 47.1 Å². The van der Waals surface area contributed by atoms with Gasteiger partial charge in [0.15, 0.2) is 0 Å². The van der Waals surface area contributed by atoms with Gasteiger partial charge in [-0.05, 0) is 19.8 Å². The Balaban J connectivity index is 2.31. The molecule has 86 valence electrons. The highest BCUT2D eigenvalue weighted by Gasteiger charge is 2.23. The second-order valence-corrected chi connectivity index (χ2v) is 4.01. The van der Waals surface area contributed by atoms with Crippen LogP contribution in [0.1, 0.15) is 26.7 Å². The normalized spacial score (nSPS) is 20.0. The van der Waals surface area contributed by atoms with E-state index in [0.29, 0.717) is 0 Å². The molecule has 1 atom stereocenters. The van der Waals surface area contributed by atoms with Crippen LogP contribution in [0.3, 0.4) is 0 Å². The zero-order valence-electron chi connectivity index (χ0n) is 9.19. The Labute approximate surface area is 89.4 Å². The van der Waals surface area contributed by atoms with Gasteiger partial charge in [-0.1, -0.05) is 0 Å². The Morgan fingerprint density at radius 1 is 1.40 bits per heavy atom. The first-order valence-electron chi connectivity index (χ1n) is 5.25. The molecule has 0 spiro atoms. The predicted octanol–water partition coefficient (Wildman–Crippen LogP) is 0.0600. The van der Waals surface area contributed by atoms with E-state index >= 15 is 0 Å². The minimum atomic E-state index is -0.830. The van der Waals surface area contributed by atoms with Gasteiger partial charge < -0.3 is 15.3 Å². The standard InChI is InChI=1S/C10H18N2O3/c1-7(10(14)15)11-9-3-5-12(6-4-9)8(2)13/h7,9,11H,3-6H2,1-2H3,(H,14,15)/t7-/m0/s1. The number of carboxylic acid groups (broad SMARTS) is 1. The summed E-state index contributed by atoms with van der Waals surface area (Å²) in [7, 11) is 0. The van der Waals surface area contributed by atoms with Crippen LogP contribution < -0.4 is 5.32 Å². The molecule has 5 heteroatoms. The molecule has 0 bridgehead atoms. The zero-order valence-corrected chi connectivity index (χ0v) is 9.19. The summed E-state index contributed by atoms with van der Waals surface area (Å²) in [4.78, 5) is 23.5. The molecule has 0 unspecified atom stereocenters. The minimum absolute atomic E-state index is 0.0970. The number of carboxylic acids is 1. The number of hydrogen-bond acceptors (Lipinski definition) is 3. The molecule has 1 aliphatic rings. The molecule has 1 heterocycles. The van der Waals surface area contributed by atoms with Crippen molar-refractivity contribution < 1.29 is 14.7 Å². The lowest BCUT2D eigenvalue weighted by atomic mass is 10.0. The van der Waals surface area contributed by atoms with Crippen LogP contribution in [0, 0.1) is 0 Å². The fraction of sp³-hybridized carbons (Fsp3) is 0.800. The van der Waals surface area contributed by atoms with Crippen LogP contribution in [0.15, 0.2) is 0 Å². The van der Waals surface area contributed by atoms with Crippen molar-refractivity contribution in [3.63, 3.8) is 0 Å². The SMILES string of the molecule is CC(=O)N1CCC(N[C@@H](C)C(=O)O)CC1. The highest BCUT2D eigenvalue weighted by Crippen LogP contribution is 2.10. The molecule has 0 saturated carbocycles. The quantitative estimate of drug-likeness (QED) is 0.697. The van der Waals surface area contributed by atoms with Gasteiger partial charge in [0, 0.05) is 26.1 Å². The number of nitrogens with zero attached hydrogens (tertiary/aromatic N) is 1. The smallest absolute Gasteiger partial charge is 0.320 e. The number of carbonyl (C=O) groups excluding carboxylic acids is 1. The average Bonchev–Trinajstić information content (AvgIpc) is 2.18. The van der Waals surface area contributed by atoms with Crippen LogP contribution in [0.25, 0.3) is 0 Å². The Bertz CT molecular complexity index is 247. The largest absolute Gasteiger partial charge is 0.480 e. The first-order chi connectivity index (χ1) is 7.00. The maximum Gasteiger partial charge on any atom is 0.320 e. The summed E-state index contributed by atoms with van der Waals surface area (Å²) in [5.74, 6) is -0.733. The molecule has 0 aliphatic carbocycles. The van der Waals surface area contributed by atoms with Crippen molar-refractivity contribution in [1.82, 2.24) is 10.2 Å². The number of rotatable bonds is 3. The lowest BCUT2D eigenvalue weighted by molar-refractivity contribution is -0.139. The molecular formula is C10H18N2O3. The third kappa shape index (κ3) is 3.51. The fourth-order valence-corrected chi connectivity index (χ4v) is 1.79. The van der Waals surface area contributed by atoms with Gasteiger partial charge in [0.1, 0.15) is 6.04 Å². The van der Waals surface area contributed by atoms with E-state index in [9.17, 15) is 9.59 Å². The molecule has 1 rings (SSSR count). The van der Waals surface area contributed by atoms with Crippen molar-refractivity contribution in [1.29, 1.82) is 0 Å². The summed E-state index contributed by atoms with van der Waals surface area (Å²) < 4.78 is 0. The van der Waals surface area contributed by atoms with Gasteiger partial charge in [0.2, 0.25) is 5.91 Å². The zero-order chi connectivity index (χ0) is 11.4. The molecular weight excluding hydrogens is 196 g/mol. The molecule has 0 aromatic rings. The van der Waals surface area contributed by atoms with E-state index in [1.165, 1.54) is 0 Å². The fourth-order valence-electron chi connectivity index (χ4n) is 1.79. The van der Waals surface area contributed by atoms with E-state index in [-0.39, 0.29) is 11.9 Å². The van der Waals surface area contributed by atoms with E-state index in [2.05, 4.69) is 5.32 Å². The van der Waals surface area contributed by atoms with E-state index in [1.54, 1.807) is 18.7 Å². The Morgan fingerprint density at radius 2 is 1.93 bits per heavy atom. The first-order valence-corrected chi connectivity index (χ1v) is 5.25. The summed E-state index contributed by atoms with van der Waals surface area (Å²) in [6.45, 7) is 4.64. The van der Waals surface area contributed by atoms with Gasteiger partial charge in [0.05, 0.1) is 0 Å². The van der Waals surface area contributed by atoms with Gasteiger partial charge in [-0.25, -0.2) is 0 Å². The third-order valence-corrected chi connectivity index (χ3v) is 2.80. The van der Waals surface area contributed by atoms with E-state index < -0.39 is 12.0 Å². The summed E-state index contributed by atoms with van der Waals surface area (Å²) in [5, 5.41) is 11.8. The maximum absolute atomic E-state index is 11.0. The van der Waals surface area contributed by atoms with Crippen LogP contribution in [0.5, 0.6) is 0 Å². The van der Waals surface area contributed by atoms with E-state index in [4.69, 9.17) is 5.11 Å². The Morgan fingerprint density at radius 3 is 2.33 bits per heavy atom. The van der Waals surface area contributed by atoms with Crippen LogP contribution in [-0.2, 0) is 9.59 Å². The minimum Gasteiger partial charge on any atom is -0.480 e. The molecule has 2 N–H and O–H groups in total. The Hall–Kier alpha value is -1.10. The van der Waals surface area contributed by atoms with Crippen molar-refractivity contribution in [2.75, 3.05) is 13.1 Å². The van der Waals surface area contributed by atoms with Gasteiger partial charge in [-0.2, -0.15) is 0 Å². The first kappa shape index (κ1) is 12.0. The summed E-state index contributed by atoms with van der Waals surface area (Å²) in [6, 6.07) is -0.300. The molecule has 0 aromatic heterocycles. The summed E-state index contributed by atoms with van der Waals surface area (Å²) in [5.41, 5.74) is 0. The second kappa shape index (κ2) is 5.11. The maximum atomic E-state index is 11.0. The van der Waals surface area contributed by atoms with E-state index in [0.717, 1.165) is 25.9 Å². The van der Waals surface area contributed by atoms with E-state index in [1.807, 2.05) is 0 Å². The van der Waals surface area contributed by atoms with Gasteiger partial charge in [-0.15, -0.1) is 0 Å². The molecule has 0 radical (unpaired) electrons. The lowest BCUT2D eigenvalue weighted by Crippen LogP contribution is -2.48. The molecule has 1 saturated heterocycles. The Kier molecular flexibility index (Phi) is 4.08. The molecule has 1 fully saturated rings. The number of carbonyl (C=O) groups is 2. The number of piperidine rings is 1. The lowest BCUT2D eigenvalue weighted by Gasteiger charge is -2.32. The van der Waals surface area contributed by atoms with Gasteiger partial charge >= 0.3 is 5.97 Å². The number of hydrogen-bond donors (Lipinski definition) is 2. The number of aliphatic carboxylic acids is 1. The van der Waals surface area contributed by atoms with Gasteiger partial charge in [-0.3, -0.25) is 9.59 Å². The van der Waals surface area contributed by atoms with Crippen LogP contribution in [0.4, 0.5) is 0 Å². The molecule has 1 amide bonds. The molecule has 15 heavy (non-hydrogen) atoms. The summed E-state index contributed by atoms with van der Waals surface area (Å²) in [6.07, 6.45) is 1.66. The molecule has 1 aliphatic heterocycles. The van der Waals surface area contributed by atoms with Crippen LogP contribution >= 0.6 is 0 Å². The van der Waals surface area contributed by atoms with Gasteiger partial charge in [0.25, 0.3) is 0 Å². The van der Waals surface area contributed by atoms with Crippen molar-refractivity contribution >= 4 is 11.9 Å². The van der Waals surface area contributed by atoms with Crippen molar-refractivity contribution in [3.05, 3.63) is 0 Å². The molecule has 0 aromatic carbocycles. The number of amides is 1. The van der Waals surface area contributed by atoms with Crippen molar-refractivity contribution in [3.8, 4) is 0 Å². The van der Waals surface area contributed by atoms with Crippen LogP contribution in [0.2, 0.25) is 0 Å². The van der Waals surface area contributed by atoms with Crippen molar-refractivity contribution in [2.24, 2.45) is 0 Å². The highest BCUT2D eigenvalue weighted by atomic mass is 16.4. The topological polar surface area (TPSA) is 69.6 Å². The molecule has 5 nitrogen and oxygen atoms in total.